The second kappa shape index (κ2) is 5.81. The number of hydrogen-bond donors (Lipinski definition) is 2. The van der Waals surface area contributed by atoms with Gasteiger partial charge in [0, 0.05) is 17.1 Å². The Labute approximate surface area is 132 Å². The summed E-state index contributed by atoms with van der Waals surface area (Å²) in [5, 5.41) is 0.309. The van der Waals surface area contributed by atoms with E-state index in [9.17, 15) is 8.42 Å². The Bertz CT molecular complexity index is 617. The van der Waals surface area contributed by atoms with E-state index in [0.29, 0.717) is 9.50 Å². The van der Waals surface area contributed by atoms with Crippen molar-refractivity contribution >= 4 is 37.6 Å². The first-order valence-corrected chi connectivity index (χ1v) is 8.74. The van der Waals surface area contributed by atoms with E-state index >= 15 is 0 Å². The predicted octanol–water partition coefficient (Wildman–Crippen LogP) is 2.27. The molecule has 1 aliphatic rings. The highest BCUT2D eigenvalue weighted by Crippen LogP contribution is 2.35. The number of ether oxygens (including phenoxy) is 1. The van der Waals surface area contributed by atoms with Gasteiger partial charge in [-0.05, 0) is 47.3 Å². The lowest BCUT2D eigenvalue weighted by Gasteiger charge is -2.38. The molecule has 0 bridgehead atoms. The van der Waals surface area contributed by atoms with Crippen LogP contribution in [-0.2, 0) is 10.0 Å². The van der Waals surface area contributed by atoms with E-state index in [4.69, 9.17) is 22.1 Å². The van der Waals surface area contributed by atoms with Crippen molar-refractivity contribution < 1.29 is 13.2 Å². The summed E-state index contributed by atoms with van der Waals surface area (Å²) in [6, 6.07) is 2.94. The summed E-state index contributed by atoms with van der Waals surface area (Å²) < 4.78 is 32.9. The SMILES string of the molecule is COc1c(Br)cc(Cl)cc1S(=O)(=O)NCC1(N)CCC1. The molecule has 5 nitrogen and oxygen atoms in total. The maximum Gasteiger partial charge on any atom is 0.244 e. The fourth-order valence-electron chi connectivity index (χ4n) is 2.06. The molecule has 1 saturated carbocycles. The first kappa shape index (κ1) is 16.0. The quantitative estimate of drug-likeness (QED) is 0.817. The van der Waals surface area contributed by atoms with Crippen molar-refractivity contribution in [2.45, 2.75) is 29.7 Å². The van der Waals surface area contributed by atoms with E-state index in [1.807, 2.05) is 0 Å². The minimum Gasteiger partial charge on any atom is -0.494 e. The summed E-state index contributed by atoms with van der Waals surface area (Å²) in [4.78, 5) is 0.00213. The molecule has 3 N–H and O–H groups in total. The van der Waals surface area contributed by atoms with Crippen LogP contribution >= 0.6 is 27.5 Å². The molecule has 0 unspecified atom stereocenters. The standard InChI is InChI=1S/C12H16BrClN2O3S/c1-19-11-9(13)5-8(14)6-10(11)20(17,18)16-7-12(15)3-2-4-12/h5-6,16H,2-4,7,15H2,1H3. The van der Waals surface area contributed by atoms with Crippen LogP contribution in [0.25, 0.3) is 0 Å². The Morgan fingerprint density at radius 1 is 1.50 bits per heavy atom. The van der Waals surface area contributed by atoms with Gasteiger partial charge in [0.25, 0.3) is 0 Å². The van der Waals surface area contributed by atoms with Crippen LogP contribution in [0.3, 0.4) is 0 Å². The Balaban J connectivity index is 2.29. The number of nitrogens with two attached hydrogens (primary N) is 1. The molecule has 1 fully saturated rings. The van der Waals surface area contributed by atoms with Crippen LogP contribution in [0.1, 0.15) is 19.3 Å². The molecule has 1 aromatic rings. The second-order valence-electron chi connectivity index (χ2n) is 4.96. The normalized spacial score (nSPS) is 17.6. The van der Waals surface area contributed by atoms with Gasteiger partial charge in [0.15, 0.2) is 5.75 Å². The van der Waals surface area contributed by atoms with Gasteiger partial charge < -0.3 is 10.5 Å². The Hall–Kier alpha value is -0.340. The lowest BCUT2D eigenvalue weighted by atomic mass is 9.78. The van der Waals surface area contributed by atoms with Crippen LogP contribution in [0.15, 0.2) is 21.5 Å². The number of nitrogens with one attached hydrogen (secondary N) is 1. The highest BCUT2D eigenvalue weighted by molar-refractivity contribution is 9.10. The van der Waals surface area contributed by atoms with Gasteiger partial charge in [0.2, 0.25) is 10.0 Å². The summed E-state index contributed by atoms with van der Waals surface area (Å²) in [7, 11) is -2.32. The molecule has 0 heterocycles. The number of rotatable bonds is 5. The monoisotopic (exact) mass is 382 g/mol. The Kier molecular flexibility index (Phi) is 4.66. The summed E-state index contributed by atoms with van der Waals surface area (Å²) in [6.45, 7) is 0.211. The molecule has 0 spiro atoms. The largest absolute Gasteiger partial charge is 0.494 e. The predicted molar refractivity (Wildman–Crippen MR) is 81.7 cm³/mol. The fourth-order valence-corrected chi connectivity index (χ4v) is 4.58. The third-order valence-corrected chi connectivity index (χ3v) is 5.65. The molecule has 8 heteroatoms. The number of hydrogen-bond acceptors (Lipinski definition) is 4. The third-order valence-electron chi connectivity index (χ3n) is 3.43. The number of halogens is 2. The molecule has 0 aromatic heterocycles. The van der Waals surface area contributed by atoms with Gasteiger partial charge in [-0.15, -0.1) is 0 Å². The summed E-state index contributed by atoms with van der Waals surface area (Å²) in [6.07, 6.45) is 2.68. The number of benzene rings is 1. The minimum absolute atomic E-state index is 0.00213. The summed E-state index contributed by atoms with van der Waals surface area (Å²) in [5.74, 6) is 0.224. The van der Waals surface area contributed by atoms with E-state index < -0.39 is 15.6 Å². The Morgan fingerprint density at radius 3 is 2.65 bits per heavy atom. The molecule has 0 amide bonds. The molecule has 0 radical (unpaired) electrons. The fraction of sp³-hybridized carbons (Fsp3) is 0.500. The van der Waals surface area contributed by atoms with Gasteiger partial charge in [0.1, 0.15) is 4.90 Å². The molecule has 2 rings (SSSR count). The lowest BCUT2D eigenvalue weighted by Crippen LogP contribution is -2.54. The van der Waals surface area contributed by atoms with E-state index in [1.165, 1.54) is 13.2 Å². The highest BCUT2D eigenvalue weighted by atomic mass is 79.9. The lowest BCUT2D eigenvalue weighted by molar-refractivity contribution is 0.251. The summed E-state index contributed by atoms with van der Waals surface area (Å²) in [5.41, 5.74) is 5.59. The molecule has 20 heavy (non-hydrogen) atoms. The molecule has 0 saturated heterocycles. The highest BCUT2D eigenvalue weighted by Gasteiger charge is 2.34. The van der Waals surface area contributed by atoms with Crippen LogP contribution < -0.4 is 15.2 Å². The zero-order valence-corrected chi connectivity index (χ0v) is 14.1. The maximum atomic E-state index is 12.4. The molecule has 1 aliphatic carbocycles. The van der Waals surface area contributed by atoms with Crippen LogP contribution in [-0.4, -0.2) is 27.6 Å². The number of methoxy groups -OCH3 is 1. The van der Waals surface area contributed by atoms with Crippen molar-refractivity contribution in [3.8, 4) is 5.75 Å². The van der Waals surface area contributed by atoms with E-state index in [-0.39, 0.29) is 17.2 Å². The average Bonchev–Trinajstić information content (AvgIpc) is 2.33. The van der Waals surface area contributed by atoms with Crippen molar-refractivity contribution in [2.75, 3.05) is 13.7 Å². The van der Waals surface area contributed by atoms with Gasteiger partial charge in [-0.3, -0.25) is 0 Å². The maximum absolute atomic E-state index is 12.4. The van der Waals surface area contributed by atoms with Gasteiger partial charge in [-0.2, -0.15) is 0 Å². The smallest absolute Gasteiger partial charge is 0.244 e. The van der Waals surface area contributed by atoms with Gasteiger partial charge in [0.05, 0.1) is 11.6 Å². The molecular weight excluding hydrogens is 368 g/mol. The molecular formula is C12H16BrClN2O3S. The van der Waals surface area contributed by atoms with Crippen LogP contribution in [0.5, 0.6) is 5.75 Å². The second-order valence-corrected chi connectivity index (χ2v) is 7.99. The Morgan fingerprint density at radius 2 is 2.15 bits per heavy atom. The van der Waals surface area contributed by atoms with E-state index in [1.54, 1.807) is 6.07 Å². The van der Waals surface area contributed by atoms with Crippen molar-refractivity contribution in [2.24, 2.45) is 5.73 Å². The van der Waals surface area contributed by atoms with Gasteiger partial charge in [-0.25, -0.2) is 13.1 Å². The molecule has 0 atom stereocenters. The van der Waals surface area contributed by atoms with Crippen LogP contribution in [0, 0.1) is 0 Å². The topological polar surface area (TPSA) is 81.4 Å². The molecule has 1 aromatic carbocycles. The average molecular weight is 384 g/mol. The zero-order chi connectivity index (χ0) is 15.0. The number of sulfonamides is 1. The first-order chi connectivity index (χ1) is 9.27. The minimum atomic E-state index is -3.73. The van der Waals surface area contributed by atoms with Crippen molar-refractivity contribution in [1.82, 2.24) is 4.72 Å². The molecule has 0 aliphatic heterocycles. The van der Waals surface area contributed by atoms with Gasteiger partial charge >= 0.3 is 0 Å². The van der Waals surface area contributed by atoms with Gasteiger partial charge in [-0.1, -0.05) is 11.6 Å². The van der Waals surface area contributed by atoms with Crippen LogP contribution in [0.4, 0.5) is 0 Å². The van der Waals surface area contributed by atoms with Crippen molar-refractivity contribution in [3.63, 3.8) is 0 Å². The van der Waals surface area contributed by atoms with Crippen LogP contribution in [0.2, 0.25) is 5.02 Å². The van der Waals surface area contributed by atoms with E-state index in [2.05, 4.69) is 20.7 Å². The zero-order valence-electron chi connectivity index (χ0n) is 10.9. The van der Waals surface area contributed by atoms with Crippen molar-refractivity contribution in [1.29, 1.82) is 0 Å². The first-order valence-electron chi connectivity index (χ1n) is 6.09. The van der Waals surface area contributed by atoms with E-state index in [0.717, 1.165) is 19.3 Å². The third kappa shape index (κ3) is 3.28. The van der Waals surface area contributed by atoms with Crippen molar-refractivity contribution in [3.05, 3.63) is 21.6 Å². The summed E-state index contributed by atoms with van der Waals surface area (Å²) >= 11 is 9.15. The molecule has 112 valence electrons.